The fraction of sp³-hybridized carbons (Fsp3) is 0.550. The summed E-state index contributed by atoms with van der Waals surface area (Å²) in [4.78, 5) is 39.9. The monoisotopic (exact) mass is 372 g/mol. The Morgan fingerprint density at radius 3 is 2.48 bits per heavy atom. The van der Waals surface area contributed by atoms with Crippen molar-refractivity contribution in [1.29, 1.82) is 0 Å². The third-order valence-corrected chi connectivity index (χ3v) is 5.36. The molecule has 27 heavy (non-hydrogen) atoms. The number of carbonyl (C=O) groups is 3. The van der Waals surface area contributed by atoms with Crippen LogP contribution >= 0.6 is 0 Å². The summed E-state index contributed by atoms with van der Waals surface area (Å²) in [5.74, 6) is -0.0487. The Balaban J connectivity index is 1.59. The Hall–Kier alpha value is -2.57. The van der Waals surface area contributed by atoms with Gasteiger partial charge in [0.1, 0.15) is 0 Å². The van der Waals surface area contributed by atoms with E-state index in [4.69, 9.17) is 0 Å². The molecule has 2 aliphatic rings. The van der Waals surface area contributed by atoms with E-state index in [2.05, 4.69) is 10.6 Å². The lowest BCUT2D eigenvalue weighted by molar-refractivity contribution is -0.140. The maximum Gasteiger partial charge on any atom is 0.321 e. The molecule has 1 aromatic carbocycles. The Bertz CT molecular complexity index is 716. The molecular formula is C20H28N4O3. The molecule has 2 N–H and O–H groups in total. The average Bonchev–Trinajstić information content (AvgIpc) is 3.07. The predicted octanol–water partition coefficient (Wildman–Crippen LogP) is 2.04. The van der Waals surface area contributed by atoms with Crippen LogP contribution in [-0.2, 0) is 9.59 Å². The first-order chi connectivity index (χ1) is 12.9. The molecule has 7 nitrogen and oxygen atoms in total. The minimum atomic E-state index is -0.167. The first kappa shape index (κ1) is 19.2. The summed E-state index contributed by atoms with van der Waals surface area (Å²) in [5.41, 5.74) is 1.84. The molecule has 1 aromatic rings. The number of rotatable bonds is 5. The van der Waals surface area contributed by atoms with Crippen molar-refractivity contribution in [3.63, 3.8) is 0 Å². The fourth-order valence-corrected chi connectivity index (χ4v) is 3.66. The molecule has 2 fully saturated rings. The highest BCUT2D eigenvalue weighted by molar-refractivity contribution is 5.94. The van der Waals surface area contributed by atoms with Crippen LogP contribution in [0.15, 0.2) is 24.3 Å². The number of urea groups is 1. The van der Waals surface area contributed by atoms with E-state index in [1.165, 1.54) is 0 Å². The summed E-state index contributed by atoms with van der Waals surface area (Å²) >= 11 is 0. The molecule has 2 heterocycles. The molecule has 0 bridgehead atoms. The number of nitrogens with one attached hydrogen (secondary N) is 2. The van der Waals surface area contributed by atoms with E-state index in [1.54, 1.807) is 9.80 Å². The molecule has 2 atom stereocenters. The minimum Gasteiger partial charge on any atom is -0.349 e. The van der Waals surface area contributed by atoms with Crippen molar-refractivity contribution in [2.24, 2.45) is 5.92 Å². The topological polar surface area (TPSA) is 81.8 Å². The molecule has 0 spiro atoms. The number of amides is 4. The van der Waals surface area contributed by atoms with Gasteiger partial charge in [0.2, 0.25) is 11.8 Å². The van der Waals surface area contributed by atoms with E-state index in [0.717, 1.165) is 11.3 Å². The third kappa shape index (κ3) is 4.23. The lowest BCUT2D eigenvalue weighted by Crippen LogP contribution is -2.48. The highest BCUT2D eigenvalue weighted by Crippen LogP contribution is 2.23. The van der Waals surface area contributed by atoms with E-state index in [0.29, 0.717) is 32.5 Å². The Morgan fingerprint density at radius 2 is 1.89 bits per heavy atom. The Labute approximate surface area is 160 Å². The first-order valence-corrected chi connectivity index (χ1v) is 9.62. The van der Waals surface area contributed by atoms with E-state index in [9.17, 15) is 14.4 Å². The van der Waals surface area contributed by atoms with Crippen LogP contribution < -0.4 is 15.5 Å². The molecule has 146 valence electrons. The number of hydrogen-bond acceptors (Lipinski definition) is 3. The highest BCUT2D eigenvalue weighted by atomic mass is 16.2. The lowest BCUT2D eigenvalue weighted by Gasteiger charge is -2.35. The predicted molar refractivity (Wildman–Crippen MR) is 103 cm³/mol. The van der Waals surface area contributed by atoms with Crippen LogP contribution in [0.4, 0.5) is 10.5 Å². The van der Waals surface area contributed by atoms with Gasteiger partial charge in [0, 0.05) is 37.8 Å². The molecule has 2 saturated heterocycles. The van der Waals surface area contributed by atoms with Gasteiger partial charge in [-0.3, -0.25) is 14.5 Å². The van der Waals surface area contributed by atoms with Gasteiger partial charge in [0.15, 0.2) is 0 Å². The van der Waals surface area contributed by atoms with Gasteiger partial charge in [-0.15, -0.1) is 0 Å². The number of nitrogens with zero attached hydrogens (tertiary/aromatic N) is 2. The van der Waals surface area contributed by atoms with E-state index in [1.807, 2.05) is 45.0 Å². The average molecular weight is 372 g/mol. The molecule has 2 aliphatic heterocycles. The van der Waals surface area contributed by atoms with Crippen LogP contribution in [-0.4, -0.2) is 48.4 Å². The van der Waals surface area contributed by atoms with E-state index >= 15 is 0 Å². The summed E-state index contributed by atoms with van der Waals surface area (Å²) in [5, 5.41) is 5.85. The summed E-state index contributed by atoms with van der Waals surface area (Å²) in [6.07, 6.45) is 1.03. The van der Waals surface area contributed by atoms with Gasteiger partial charge >= 0.3 is 6.03 Å². The Kier molecular flexibility index (Phi) is 5.68. The van der Waals surface area contributed by atoms with Crippen LogP contribution in [0, 0.1) is 5.92 Å². The quantitative estimate of drug-likeness (QED) is 0.830. The maximum absolute atomic E-state index is 12.7. The Morgan fingerprint density at radius 1 is 1.19 bits per heavy atom. The van der Waals surface area contributed by atoms with Crippen molar-refractivity contribution in [2.45, 2.75) is 45.7 Å². The van der Waals surface area contributed by atoms with Gasteiger partial charge in [0.05, 0.1) is 12.0 Å². The number of likely N-dealkylation sites (tertiary alicyclic amines) is 1. The van der Waals surface area contributed by atoms with Crippen LogP contribution in [0.25, 0.3) is 0 Å². The fourth-order valence-electron chi connectivity index (χ4n) is 3.66. The van der Waals surface area contributed by atoms with E-state index < -0.39 is 0 Å². The smallest absolute Gasteiger partial charge is 0.321 e. The van der Waals surface area contributed by atoms with Crippen LogP contribution in [0.5, 0.6) is 0 Å². The molecule has 0 aromatic heterocycles. The highest BCUT2D eigenvalue weighted by Gasteiger charge is 2.32. The molecule has 0 aliphatic carbocycles. The summed E-state index contributed by atoms with van der Waals surface area (Å²) in [6.45, 7) is 7.70. The zero-order chi connectivity index (χ0) is 19.6. The molecule has 7 heteroatoms. The van der Waals surface area contributed by atoms with Gasteiger partial charge in [-0.05, 0) is 44.9 Å². The summed E-state index contributed by atoms with van der Waals surface area (Å²) in [7, 11) is 0. The van der Waals surface area contributed by atoms with Gasteiger partial charge < -0.3 is 15.5 Å². The van der Waals surface area contributed by atoms with Crippen molar-refractivity contribution < 1.29 is 14.4 Å². The largest absolute Gasteiger partial charge is 0.349 e. The molecular weight excluding hydrogens is 344 g/mol. The SMILES string of the molecule is CC(NC(=O)C1CCC(=O)N(C(C)C)C1)c1ccc(N2CCNC2=O)cc1. The third-order valence-electron chi connectivity index (χ3n) is 5.36. The van der Waals surface area contributed by atoms with Crippen LogP contribution in [0.3, 0.4) is 0 Å². The van der Waals surface area contributed by atoms with Gasteiger partial charge in [-0.2, -0.15) is 0 Å². The number of hydrogen-bond donors (Lipinski definition) is 2. The van der Waals surface area contributed by atoms with Crippen molar-refractivity contribution in [1.82, 2.24) is 15.5 Å². The van der Waals surface area contributed by atoms with Crippen LogP contribution in [0.2, 0.25) is 0 Å². The van der Waals surface area contributed by atoms with Crippen molar-refractivity contribution in [3.05, 3.63) is 29.8 Å². The standard InChI is InChI=1S/C20H28N4O3/c1-13(2)24-12-16(6-9-18(24)25)19(26)22-14(3)15-4-7-17(8-5-15)23-11-10-21-20(23)27/h4-5,7-8,13-14,16H,6,9-12H2,1-3H3,(H,21,27)(H,22,26). The summed E-state index contributed by atoms with van der Waals surface area (Å²) < 4.78 is 0. The second-order valence-corrected chi connectivity index (χ2v) is 7.58. The number of carbonyl (C=O) groups excluding carboxylic acids is 3. The zero-order valence-corrected chi connectivity index (χ0v) is 16.2. The van der Waals surface area contributed by atoms with Crippen molar-refractivity contribution in [3.8, 4) is 0 Å². The molecule has 4 amide bonds. The van der Waals surface area contributed by atoms with Gasteiger partial charge in [-0.1, -0.05) is 12.1 Å². The van der Waals surface area contributed by atoms with Gasteiger partial charge in [-0.25, -0.2) is 4.79 Å². The molecule has 0 saturated carbocycles. The number of piperidine rings is 1. The number of anilines is 1. The van der Waals surface area contributed by atoms with Crippen molar-refractivity contribution >= 4 is 23.5 Å². The van der Waals surface area contributed by atoms with Crippen LogP contribution in [0.1, 0.15) is 45.2 Å². The molecule has 2 unspecified atom stereocenters. The van der Waals surface area contributed by atoms with E-state index in [-0.39, 0.29) is 35.8 Å². The minimum absolute atomic E-state index is 0.0105. The van der Waals surface area contributed by atoms with Crippen molar-refractivity contribution in [2.75, 3.05) is 24.5 Å². The maximum atomic E-state index is 12.7. The van der Waals surface area contributed by atoms with Gasteiger partial charge in [0.25, 0.3) is 0 Å². The first-order valence-electron chi connectivity index (χ1n) is 9.62. The summed E-state index contributed by atoms with van der Waals surface area (Å²) in [6, 6.07) is 7.59. The second-order valence-electron chi connectivity index (χ2n) is 7.58. The normalized spacial score (nSPS) is 21.4. The second kappa shape index (κ2) is 7.98. The lowest BCUT2D eigenvalue weighted by atomic mass is 9.95. The molecule has 0 radical (unpaired) electrons. The number of benzene rings is 1. The molecule has 3 rings (SSSR count). The zero-order valence-electron chi connectivity index (χ0n) is 16.2.